The Morgan fingerprint density at radius 1 is 1.39 bits per heavy atom. The van der Waals surface area contributed by atoms with Crippen LogP contribution >= 0.6 is 11.3 Å². The van der Waals surface area contributed by atoms with Crippen LogP contribution in [-0.2, 0) is 7.05 Å². The molecule has 0 aliphatic carbocycles. The first-order valence-electron chi connectivity index (χ1n) is 7.39. The lowest BCUT2D eigenvalue weighted by molar-refractivity contribution is 0.0948. The van der Waals surface area contributed by atoms with Gasteiger partial charge in [0.2, 0.25) is 0 Å². The van der Waals surface area contributed by atoms with E-state index in [4.69, 9.17) is 0 Å². The normalized spacial score (nSPS) is 12.3. The van der Waals surface area contributed by atoms with Crippen LogP contribution in [0, 0.1) is 13.8 Å². The Hall–Kier alpha value is -2.41. The van der Waals surface area contributed by atoms with E-state index in [9.17, 15) is 4.79 Å². The van der Waals surface area contributed by atoms with Crippen LogP contribution in [0.3, 0.4) is 0 Å². The number of aryl methyl sites for hydroxylation is 2. The molecule has 23 heavy (non-hydrogen) atoms. The van der Waals surface area contributed by atoms with Crippen molar-refractivity contribution in [3.05, 3.63) is 57.8 Å². The summed E-state index contributed by atoms with van der Waals surface area (Å²) in [4.78, 5) is 13.7. The fourth-order valence-electron chi connectivity index (χ4n) is 2.65. The number of nitrogens with zero attached hydrogens (tertiary/aromatic N) is 4. The number of carbonyl (C=O) groups is 1. The summed E-state index contributed by atoms with van der Waals surface area (Å²) in [5.74, 6) is -0.0955. The van der Waals surface area contributed by atoms with Crippen LogP contribution in [0.2, 0.25) is 0 Å². The van der Waals surface area contributed by atoms with Crippen LogP contribution in [-0.4, -0.2) is 32.0 Å². The van der Waals surface area contributed by atoms with Crippen molar-refractivity contribution >= 4 is 17.2 Å². The highest BCUT2D eigenvalue weighted by Crippen LogP contribution is 2.22. The first kappa shape index (κ1) is 15.5. The molecule has 3 aromatic heterocycles. The van der Waals surface area contributed by atoms with Gasteiger partial charge in [-0.3, -0.25) is 14.2 Å². The van der Waals surface area contributed by atoms with Crippen molar-refractivity contribution in [1.29, 1.82) is 0 Å². The molecule has 120 valence electrons. The first-order chi connectivity index (χ1) is 11.1. The van der Waals surface area contributed by atoms with Gasteiger partial charge in [0.05, 0.1) is 11.3 Å². The van der Waals surface area contributed by atoms with E-state index in [-0.39, 0.29) is 11.9 Å². The topological polar surface area (TPSA) is 64.7 Å². The number of hydrogen-bond donors (Lipinski definition) is 1. The monoisotopic (exact) mass is 329 g/mol. The molecule has 1 atom stereocenters. The van der Waals surface area contributed by atoms with Crippen molar-refractivity contribution in [2.75, 3.05) is 6.54 Å². The third kappa shape index (κ3) is 3.05. The van der Waals surface area contributed by atoms with Crippen LogP contribution in [0.4, 0.5) is 0 Å². The van der Waals surface area contributed by atoms with Gasteiger partial charge in [0.1, 0.15) is 6.04 Å². The zero-order valence-corrected chi connectivity index (χ0v) is 14.2. The average molecular weight is 329 g/mol. The zero-order valence-electron chi connectivity index (χ0n) is 13.4. The molecule has 0 aliphatic rings. The van der Waals surface area contributed by atoms with Crippen molar-refractivity contribution in [1.82, 2.24) is 24.9 Å². The summed E-state index contributed by atoms with van der Waals surface area (Å²) < 4.78 is 3.60. The highest BCUT2D eigenvalue weighted by molar-refractivity contribution is 7.10. The molecule has 3 rings (SSSR count). The van der Waals surface area contributed by atoms with Crippen molar-refractivity contribution < 1.29 is 4.79 Å². The van der Waals surface area contributed by atoms with Crippen molar-refractivity contribution in [2.45, 2.75) is 19.9 Å². The van der Waals surface area contributed by atoms with Crippen LogP contribution in [0.15, 0.2) is 36.0 Å². The third-order valence-electron chi connectivity index (χ3n) is 3.91. The number of carbonyl (C=O) groups excluding carboxylic acids is 1. The van der Waals surface area contributed by atoms with Crippen molar-refractivity contribution in [3.8, 4) is 0 Å². The van der Waals surface area contributed by atoms with Crippen LogP contribution in [0.5, 0.6) is 0 Å². The molecule has 6 nitrogen and oxygen atoms in total. The lowest BCUT2D eigenvalue weighted by Gasteiger charge is -2.17. The molecular weight excluding hydrogens is 310 g/mol. The van der Waals surface area contributed by atoms with Gasteiger partial charge >= 0.3 is 0 Å². The molecule has 0 radical (unpaired) electrons. The van der Waals surface area contributed by atoms with Crippen molar-refractivity contribution in [3.63, 3.8) is 0 Å². The standard InChI is InChI=1S/C16H19N5OS/c1-11-15(12(2)20(3)19-11)16(22)17-10-13(14-6-4-9-23-14)21-8-5-7-18-21/h4-9,13H,10H2,1-3H3,(H,17,22). The van der Waals surface area contributed by atoms with Gasteiger partial charge in [-0.2, -0.15) is 10.2 Å². The zero-order chi connectivity index (χ0) is 16.4. The van der Waals surface area contributed by atoms with E-state index < -0.39 is 0 Å². The molecular formula is C16H19N5OS. The number of rotatable bonds is 5. The Kier molecular flexibility index (Phi) is 4.29. The Morgan fingerprint density at radius 2 is 2.22 bits per heavy atom. The molecule has 0 aromatic carbocycles. The fraction of sp³-hybridized carbons (Fsp3) is 0.312. The molecule has 1 N–H and O–H groups in total. The summed E-state index contributed by atoms with van der Waals surface area (Å²) in [7, 11) is 1.84. The van der Waals surface area contributed by atoms with Gasteiger partial charge in [-0.1, -0.05) is 6.07 Å². The SMILES string of the molecule is Cc1nn(C)c(C)c1C(=O)NCC(c1cccs1)n1cccn1. The molecule has 3 aromatic rings. The number of aromatic nitrogens is 4. The summed E-state index contributed by atoms with van der Waals surface area (Å²) in [6.07, 6.45) is 3.66. The Balaban J connectivity index is 1.78. The molecule has 0 saturated heterocycles. The molecule has 0 spiro atoms. The fourth-order valence-corrected chi connectivity index (χ4v) is 3.47. The lowest BCUT2D eigenvalue weighted by Crippen LogP contribution is -2.31. The maximum absolute atomic E-state index is 12.6. The minimum absolute atomic E-state index is 0.00812. The quantitative estimate of drug-likeness (QED) is 0.781. The predicted molar refractivity (Wildman–Crippen MR) is 89.7 cm³/mol. The molecule has 0 aliphatic heterocycles. The number of nitrogens with one attached hydrogen (secondary N) is 1. The molecule has 0 fully saturated rings. The van der Waals surface area contributed by atoms with E-state index in [1.807, 2.05) is 49.3 Å². The Morgan fingerprint density at radius 3 is 2.78 bits per heavy atom. The second kappa shape index (κ2) is 6.37. The van der Waals surface area contributed by atoms with Gasteiger partial charge in [-0.25, -0.2) is 0 Å². The summed E-state index contributed by atoms with van der Waals surface area (Å²) in [6, 6.07) is 5.95. The Bertz CT molecular complexity index is 755. The molecule has 1 amide bonds. The van der Waals surface area contributed by atoms with Crippen LogP contribution < -0.4 is 5.32 Å². The number of amides is 1. The third-order valence-corrected chi connectivity index (χ3v) is 4.88. The van der Waals surface area contributed by atoms with Gasteiger partial charge in [-0.15, -0.1) is 11.3 Å². The van der Waals surface area contributed by atoms with Crippen LogP contribution in [0.25, 0.3) is 0 Å². The summed E-state index contributed by atoms with van der Waals surface area (Å²) in [6.45, 7) is 4.24. The molecule has 1 unspecified atom stereocenters. The highest BCUT2D eigenvalue weighted by atomic mass is 32.1. The van der Waals surface area contributed by atoms with E-state index in [2.05, 4.69) is 21.6 Å². The second-order valence-electron chi connectivity index (χ2n) is 5.40. The number of hydrogen-bond acceptors (Lipinski definition) is 4. The molecule has 0 bridgehead atoms. The molecule has 7 heteroatoms. The largest absolute Gasteiger partial charge is 0.349 e. The van der Waals surface area contributed by atoms with Gasteiger partial charge in [0, 0.05) is 36.6 Å². The van der Waals surface area contributed by atoms with Gasteiger partial charge in [0.25, 0.3) is 5.91 Å². The average Bonchev–Trinajstić information content (AvgIpc) is 3.24. The Labute approximate surface area is 138 Å². The predicted octanol–water partition coefficient (Wildman–Crippen LogP) is 2.31. The van der Waals surface area contributed by atoms with E-state index in [0.29, 0.717) is 12.1 Å². The minimum Gasteiger partial charge on any atom is -0.349 e. The first-order valence-corrected chi connectivity index (χ1v) is 8.27. The summed E-state index contributed by atoms with van der Waals surface area (Å²) in [5.41, 5.74) is 2.26. The van der Waals surface area contributed by atoms with E-state index >= 15 is 0 Å². The lowest BCUT2D eigenvalue weighted by atomic mass is 10.1. The maximum atomic E-state index is 12.6. The summed E-state index contributed by atoms with van der Waals surface area (Å²) >= 11 is 1.66. The maximum Gasteiger partial charge on any atom is 0.255 e. The van der Waals surface area contributed by atoms with E-state index in [1.165, 1.54) is 0 Å². The van der Waals surface area contributed by atoms with Crippen molar-refractivity contribution in [2.24, 2.45) is 7.05 Å². The highest BCUT2D eigenvalue weighted by Gasteiger charge is 2.20. The van der Waals surface area contributed by atoms with Crippen LogP contribution in [0.1, 0.15) is 32.7 Å². The van der Waals surface area contributed by atoms with Gasteiger partial charge < -0.3 is 5.32 Å². The smallest absolute Gasteiger partial charge is 0.255 e. The van der Waals surface area contributed by atoms with E-state index in [1.54, 1.807) is 22.2 Å². The number of thiophene rings is 1. The van der Waals surface area contributed by atoms with Gasteiger partial charge in [0.15, 0.2) is 0 Å². The summed E-state index contributed by atoms with van der Waals surface area (Å²) in [5, 5.41) is 13.7. The molecule has 0 saturated carbocycles. The molecule has 3 heterocycles. The minimum atomic E-state index is -0.0955. The second-order valence-corrected chi connectivity index (χ2v) is 6.38. The van der Waals surface area contributed by atoms with E-state index in [0.717, 1.165) is 16.3 Å². The van der Waals surface area contributed by atoms with Gasteiger partial charge in [-0.05, 0) is 31.4 Å².